The Morgan fingerprint density at radius 3 is 3.00 bits per heavy atom. The number of halogens is 1. The monoisotopic (exact) mass is 211 g/mol. The van der Waals surface area contributed by atoms with E-state index in [0.717, 1.165) is 24.1 Å². The third kappa shape index (κ3) is 1.56. The quantitative estimate of drug-likeness (QED) is 0.767. The minimum absolute atomic E-state index is 0.134. The molecule has 82 valence electrons. The highest BCUT2D eigenvalue weighted by Crippen LogP contribution is 2.32. The van der Waals surface area contributed by atoms with E-state index in [1.807, 2.05) is 7.05 Å². The predicted octanol–water partition coefficient (Wildman–Crippen LogP) is 1.01. The molecule has 0 aromatic carbocycles. The Bertz CT molecular complexity index is 427. The molecule has 1 aromatic rings. The fourth-order valence-electron chi connectivity index (χ4n) is 2.19. The van der Waals surface area contributed by atoms with Crippen LogP contribution in [0.2, 0.25) is 0 Å². The molecule has 0 radical (unpaired) electrons. The molecule has 5 heteroatoms. The first-order chi connectivity index (χ1) is 7.15. The molecule has 0 saturated heterocycles. The van der Waals surface area contributed by atoms with E-state index in [9.17, 15) is 9.18 Å². The van der Waals surface area contributed by atoms with E-state index in [0.29, 0.717) is 0 Å². The Morgan fingerprint density at radius 1 is 1.67 bits per heavy atom. The SMILES string of the molecule is CNC1CCc2c1n[nH]c(=O)c2C(C)F. The highest BCUT2D eigenvalue weighted by Gasteiger charge is 2.28. The van der Waals surface area contributed by atoms with Crippen molar-refractivity contribution in [2.24, 2.45) is 0 Å². The summed E-state index contributed by atoms with van der Waals surface area (Å²) in [7, 11) is 1.84. The lowest BCUT2D eigenvalue weighted by Crippen LogP contribution is -2.21. The third-order valence-corrected chi connectivity index (χ3v) is 2.92. The normalized spacial score (nSPS) is 21.4. The summed E-state index contributed by atoms with van der Waals surface area (Å²) in [5.41, 5.74) is 1.42. The van der Waals surface area contributed by atoms with Gasteiger partial charge in [-0.3, -0.25) is 4.79 Å². The van der Waals surface area contributed by atoms with Crippen LogP contribution in [0, 0.1) is 0 Å². The summed E-state index contributed by atoms with van der Waals surface area (Å²) >= 11 is 0. The third-order valence-electron chi connectivity index (χ3n) is 2.92. The molecule has 2 atom stereocenters. The van der Waals surface area contributed by atoms with Crippen molar-refractivity contribution in [1.29, 1.82) is 0 Å². The van der Waals surface area contributed by atoms with Gasteiger partial charge in [0.25, 0.3) is 5.56 Å². The van der Waals surface area contributed by atoms with Gasteiger partial charge in [-0.05, 0) is 32.4 Å². The Kier molecular flexibility index (Phi) is 2.56. The van der Waals surface area contributed by atoms with E-state index in [1.165, 1.54) is 6.92 Å². The number of nitrogens with zero attached hydrogens (tertiary/aromatic N) is 1. The van der Waals surface area contributed by atoms with Gasteiger partial charge >= 0.3 is 0 Å². The number of aromatic nitrogens is 2. The predicted molar refractivity (Wildman–Crippen MR) is 54.5 cm³/mol. The van der Waals surface area contributed by atoms with Crippen molar-refractivity contribution in [3.05, 3.63) is 27.2 Å². The van der Waals surface area contributed by atoms with Crippen molar-refractivity contribution in [2.45, 2.75) is 32.0 Å². The molecule has 15 heavy (non-hydrogen) atoms. The molecule has 4 nitrogen and oxygen atoms in total. The molecule has 0 saturated carbocycles. The van der Waals surface area contributed by atoms with Crippen LogP contribution in [0.15, 0.2) is 4.79 Å². The van der Waals surface area contributed by atoms with Crippen LogP contribution in [0.1, 0.15) is 42.4 Å². The smallest absolute Gasteiger partial charge is 0.270 e. The topological polar surface area (TPSA) is 57.8 Å². The average Bonchev–Trinajstić information content (AvgIpc) is 2.59. The number of hydrogen-bond donors (Lipinski definition) is 2. The summed E-state index contributed by atoms with van der Waals surface area (Å²) in [6.07, 6.45) is 0.359. The van der Waals surface area contributed by atoms with Gasteiger partial charge in [0.05, 0.1) is 17.3 Å². The van der Waals surface area contributed by atoms with Crippen LogP contribution in [-0.4, -0.2) is 17.2 Å². The summed E-state index contributed by atoms with van der Waals surface area (Å²) in [5.74, 6) is 0. The zero-order chi connectivity index (χ0) is 11.0. The second kappa shape index (κ2) is 3.73. The molecular formula is C10H14FN3O. The van der Waals surface area contributed by atoms with Crippen molar-refractivity contribution in [1.82, 2.24) is 15.5 Å². The Morgan fingerprint density at radius 2 is 2.40 bits per heavy atom. The van der Waals surface area contributed by atoms with Crippen LogP contribution < -0.4 is 10.9 Å². The van der Waals surface area contributed by atoms with Crippen molar-refractivity contribution in [2.75, 3.05) is 7.05 Å². The van der Waals surface area contributed by atoms with Gasteiger partial charge in [-0.15, -0.1) is 0 Å². The molecule has 2 rings (SSSR count). The molecular weight excluding hydrogens is 197 g/mol. The highest BCUT2D eigenvalue weighted by atomic mass is 19.1. The average molecular weight is 211 g/mol. The molecule has 1 aliphatic rings. The van der Waals surface area contributed by atoms with Crippen LogP contribution in [-0.2, 0) is 6.42 Å². The summed E-state index contributed by atoms with van der Waals surface area (Å²) in [6.45, 7) is 1.39. The van der Waals surface area contributed by atoms with Crippen LogP contribution in [0.25, 0.3) is 0 Å². The first-order valence-corrected chi connectivity index (χ1v) is 5.07. The highest BCUT2D eigenvalue weighted by molar-refractivity contribution is 5.35. The molecule has 0 fully saturated rings. The number of nitrogens with one attached hydrogen (secondary N) is 2. The van der Waals surface area contributed by atoms with E-state index in [1.54, 1.807) is 0 Å². The van der Waals surface area contributed by atoms with Crippen molar-refractivity contribution in [3.8, 4) is 0 Å². The number of aromatic amines is 1. The summed E-state index contributed by atoms with van der Waals surface area (Å²) < 4.78 is 13.3. The lowest BCUT2D eigenvalue weighted by atomic mass is 10.1. The molecule has 0 amide bonds. The number of hydrogen-bond acceptors (Lipinski definition) is 3. The summed E-state index contributed by atoms with van der Waals surface area (Å²) in [5, 5.41) is 9.45. The first-order valence-electron chi connectivity index (χ1n) is 5.07. The lowest BCUT2D eigenvalue weighted by Gasteiger charge is -2.10. The number of rotatable bonds is 2. The molecule has 1 aliphatic carbocycles. The van der Waals surface area contributed by atoms with Crippen LogP contribution in [0.4, 0.5) is 4.39 Å². The van der Waals surface area contributed by atoms with Crippen molar-refractivity contribution in [3.63, 3.8) is 0 Å². The number of fused-ring (bicyclic) bond motifs is 1. The van der Waals surface area contributed by atoms with Gasteiger partial charge in [-0.2, -0.15) is 5.10 Å². The minimum atomic E-state index is -1.24. The van der Waals surface area contributed by atoms with Gasteiger partial charge in [0.1, 0.15) is 6.17 Å². The molecule has 0 spiro atoms. The Balaban J connectivity index is 2.58. The van der Waals surface area contributed by atoms with Gasteiger partial charge < -0.3 is 5.32 Å². The number of alkyl halides is 1. The van der Waals surface area contributed by atoms with Gasteiger partial charge in [0.2, 0.25) is 0 Å². The standard InChI is InChI=1S/C10H14FN3O/c1-5(11)8-6-3-4-7(12-2)9(6)13-14-10(8)15/h5,7,12H,3-4H2,1-2H3,(H,14,15). The van der Waals surface area contributed by atoms with Crippen LogP contribution in [0.3, 0.4) is 0 Å². The van der Waals surface area contributed by atoms with Crippen LogP contribution in [0.5, 0.6) is 0 Å². The molecule has 2 N–H and O–H groups in total. The van der Waals surface area contributed by atoms with E-state index in [2.05, 4.69) is 15.5 Å². The molecule has 1 heterocycles. The van der Waals surface area contributed by atoms with Gasteiger partial charge in [-0.1, -0.05) is 0 Å². The summed E-state index contributed by atoms with van der Waals surface area (Å²) in [4.78, 5) is 11.4. The Hall–Kier alpha value is -1.23. The van der Waals surface area contributed by atoms with E-state index < -0.39 is 11.7 Å². The second-order valence-electron chi connectivity index (χ2n) is 3.83. The zero-order valence-corrected chi connectivity index (χ0v) is 8.80. The van der Waals surface area contributed by atoms with Crippen LogP contribution >= 0.6 is 0 Å². The maximum Gasteiger partial charge on any atom is 0.270 e. The second-order valence-corrected chi connectivity index (χ2v) is 3.83. The lowest BCUT2D eigenvalue weighted by molar-refractivity contribution is 0.368. The summed E-state index contributed by atoms with van der Waals surface area (Å²) in [6, 6.07) is 0.134. The van der Waals surface area contributed by atoms with E-state index >= 15 is 0 Å². The largest absolute Gasteiger partial charge is 0.312 e. The van der Waals surface area contributed by atoms with E-state index in [-0.39, 0.29) is 11.6 Å². The van der Waals surface area contributed by atoms with Gasteiger partial charge in [0, 0.05) is 0 Å². The molecule has 0 aliphatic heterocycles. The molecule has 1 aromatic heterocycles. The maximum absolute atomic E-state index is 13.3. The fraction of sp³-hybridized carbons (Fsp3) is 0.600. The molecule has 0 bridgehead atoms. The van der Waals surface area contributed by atoms with E-state index in [4.69, 9.17) is 0 Å². The van der Waals surface area contributed by atoms with Crippen molar-refractivity contribution < 1.29 is 4.39 Å². The first kappa shape index (κ1) is 10.3. The zero-order valence-electron chi connectivity index (χ0n) is 8.80. The van der Waals surface area contributed by atoms with Gasteiger partial charge in [-0.25, -0.2) is 9.49 Å². The minimum Gasteiger partial charge on any atom is -0.312 e. The number of H-pyrrole nitrogens is 1. The van der Waals surface area contributed by atoms with Crippen molar-refractivity contribution >= 4 is 0 Å². The maximum atomic E-state index is 13.3. The Labute approximate surface area is 86.9 Å². The molecule has 2 unspecified atom stereocenters. The fourth-order valence-corrected chi connectivity index (χ4v) is 2.19. The van der Waals surface area contributed by atoms with Gasteiger partial charge in [0.15, 0.2) is 0 Å².